The van der Waals surface area contributed by atoms with Crippen LogP contribution in [0.2, 0.25) is 0 Å². The zero-order valence-corrected chi connectivity index (χ0v) is 14.7. The van der Waals surface area contributed by atoms with E-state index >= 15 is 0 Å². The van der Waals surface area contributed by atoms with Crippen molar-refractivity contribution in [2.75, 3.05) is 32.7 Å². The second-order valence-electron chi connectivity index (χ2n) is 7.25. The summed E-state index contributed by atoms with van der Waals surface area (Å²) in [6, 6.07) is 7.20. The number of nitrogens with one attached hydrogen (secondary N) is 1. The molecule has 1 heterocycles. The van der Waals surface area contributed by atoms with Crippen LogP contribution >= 0.6 is 0 Å². The Hall–Kier alpha value is -1.46. The maximum Gasteiger partial charge on any atom is 0.237 e. The molecule has 2 aliphatic rings. The Kier molecular flexibility index (Phi) is 5.51. The summed E-state index contributed by atoms with van der Waals surface area (Å²) in [5.41, 5.74) is 1.18. The van der Waals surface area contributed by atoms with E-state index in [0.717, 1.165) is 45.6 Å². The molecule has 0 bridgehead atoms. The van der Waals surface area contributed by atoms with E-state index in [1.54, 1.807) is 0 Å². The number of carbonyl (C=O) groups excluding carboxylic acids is 1. The number of nitrogens with zero attached hydrogens (tertiary/aromatic N) is 2. The molecule has 1 saturated carbocycles. The molecule has 4 nitrogen and oxygen atoms in total. The van der Waals surface area contributed by atoms with Gasteiger partial charge < -0.3 is 10.2 Å². The lowest BCUT2D eigenvalue weighted by molar-refractivity contribution is -0.126. The Morgan fingerprint density at radius 3 is 2.38 bits per heavy atom. The van der Waals surface area contributed by atoms with Crippen LogP contribution in [0, 0.1) is 5.82 Å². The van der Waals surface area contributed by atoms with Crippen molar-refractivity contribution in [3.63, 3.8) is 0 Å². The van der Waals surface area contributed by atoms with Crippen LogP contribution in [-0.2, 0) is 4.79 Å². The standard InChI is InChI=1S/C19H28FN3O/c1-14(16-3-5-17(20)6-4-16)13-22-9-11-23(12-10-22)15(2)19(24)21-18-7-8-18/h3-6,14-15,18H,7-13H2,1-2H3,(H,21,24)/t14-,15-/m0/s1. The Labute approximate surface area is 144 Å². The highest BCUT2D eigenvalue weighted by molar-refractivity contribution is 5.81. The van der Waals surface area contributed by atoms with Crippen LogP contribution in [0.3, 0.4) is 0 Å². The third-order valence-corrected chi connectivity index (χ3v) is 5.23. The van der Waals surface area contributed by atoms with Crippen molar-refractivity contribution in [2.45, 2.75) is 44.7 Å². The van der Waals surface area contributed by atoms with Gasteiger partial charge in [-0.3, -0.25) is 9.69 Å². The zero-order valence-electron chi connectivity index (χ0n) is 14.7. The first-order valence-electron chi connectivity index (χ1n) is 9.05. The van der Waals surface area contributed by atoms with Crippen molar-refractivity contribution >= 4 is 5.91 Å². The van der Waals surface area contributed by atoms with E-state index in [4.69, 9.17) is 0 Å². The zero-order chi connectivity index (χ0) is 17.1. The number of hydrogen-bond acceptors (Lipinski definition) is 3. The van der Waals surface area contributed by atoms with E-state index in [-0.39, 0.29) is 17.8 Å². The van der Waals surface area contributed by atoms with Gasteiger partial charge in [0, 0.05) is 38.8 Å². The smallest absolute Gasteiger partial charge is 0.237 e. The van der Waals surface area contributed by atoms with Crippen LogP contribution in [0.4, 0.5) is 4.39 Å². The fraction of sp³-hybridized carbons (Fsp3) is 0.632. The molecule has 24 heavy (non-hydrogen) atoms. The van der Waals surface area contributed by atoms with Crippen molar-refractivity contribution in [2.24, 2.45) is 0 Å². The highest BCUT2D eigenvalue weighted by Gasteiger charge is 2.30. The summed E-state index contributed by atoms with van der Waals surface area (Å²) in [6.07, 6.45) is 2.26. The molecule has 1 aromatic carbocycles. The van der Waals surface area contributed by atoms with Gasteiger partial charge in [0.25, 0.3) is 0 Å². The van der Waals surface area contributed by atoms with Gasteiger partial charge in [-0.25, -0.2) is 4.39 Å². The fourth-order valence-electron chi connectivity index (χ4n) is 3.33. The molecular formula is C19H28FN3O. The van der Waals surface area contributed by atoms with Crippen molar-refractivity contribution in [3.05, 3.63) is 35.6 Å². The van der Waals surface area contributed by atoms with Gasteiger partial charge in [0.05, 0.1) is 6.04 Å². The molecule has 132 valence electrons. The molecule has 1 aliphatic carbocycles. The van der Waals surface area contributed by atoms with Crippen LogP contribution in [0.15, 0.2) is 24.3 Å². The molecule has 1 amide bonds. The van der Waals surface area contributed by atoms with Gasteiger partial charge in [0.1, 0.15) is 5.82 Å². The number of benzene rings is 1. The number of carbonyl (C=O) groups is 1. The molecule has 3 rings (SSSR count). The maximum atomic E-state index is 13.0. The summed E-state index contributed by atoms with van der Waals surface area (Å²) in [4.78, 5) is 16.9. The first kappa shape index (κ1) is 17.4. The molecule has 5 heteroatoms. The molecule has 0 radical (unpaired) electrons. The van der Waals surface area contributed by atoms with Gasteiger partial charge in [-0.05, 0) is 43.4 Å². The summed E-state index contributed by atoms with van der Waals surface area (Å²) >= 11 is 0. The average Bonchev–Trinajstić information content (AvgIpc) is 3.39. The van der Waals surface area contributed by atoms with Crippen LogP contribution in [0.1, 0.15) is 38.2 Å². The van der Waals surface area contributed by atoms with Crippen LogP contribution in [0.25, 0.3) is 0 Å². The van der Waals surface area contributed by atoms with Gasteiger partial charge in [-0.15, -0.1) is 0 Å². The highest BCUT2D eigenvalue weighted by Crippen LogP contribution is 2.20. The molecule has 1 saturated heterocycles. The van der Waals surface area contributed by atoms with E-state index in [1.165, 1.54) is 17.7 Å². The Bertz CT molecular complexity index is 550. The van der Waals surface area contributed by atoms with Crippen LogP contribution in [0.5, 0.6) is 0 Å². The first-order valence-corrected chi connectivity index (χ1v) is 9.05. The van der Waals surface area contributed by atoms with E-state index in [2.05, 4.69) is 22.0 Å². The monoisotopic (exact) mass is 333 g/mol. The minimum atomic E-state index is -0.182. The maximum absolute atomic E-state index is 13.0. The lowest BCUT2D eigenvalue weighted by atomic mass is 10.0. The van der Waals surface area contributed by atoms with Gasteiger partial charge >= 0.3 is 0 Å². The third-order valence-electron chi connectivity index (χ3n) is 5.23. The number of hydrogen-bond donors (Lipinski definition) is 1. The lowest BCUT2D eigenvalue weighted by Crippen LogP contribution is -2.54. The molecular weight excluding hydrogens is 305 g/mol. The quantitative estimate of drug-likeness (QED) is 0.867. The van der Waals surface area contributed by atoms with Crippen LogP contribution in [-0.4, -0.2) is 60.5 Å². The summed E-state index contributed by atoms with van der Waals surface area (Å²) in [5, 5.41) is 3.10. The van der Waals surface area contributed by atoms with E-state index in [0.29, 0.717) is 12.0 Å². The van der Waals surface area contributed by atoms with Crippen molar-refractivity contribution in [1.29, 1.82) is 0 Å². The average molecular weight is 333 g/mol. The summed E-state index contributed by atoms with van der Waals surface area (Å²) in [7, 11) is 0. The summed E-state index contributed by atoms with van der Waals surface area (Å²) in [6.45, 7) is 8.98. The van der Waals surface area contributed by atoms with Crippen molar-refractivity contribution in [1.82, 2.24) is 15.1 Å². The first-order chi connectivity index (χ1) is 11.5. The van der Waals surface area contributed by atoms with Gasteiger partial charge in [-0.1, -0.05) is 19.1 Å². The summed E-state index contributed by atoms with van der Waals surface area (Å²) < 4.78 is 13.0. The van der Waals surface area contributed by atoms with E-state index in [9.17, 15) is 9.18 Å². The number of amides is 1. The molecule has 1 aliphatic heterocycles. The number of halogens is 1. The predicted octanol–water partition coefficient (Wildman–Crippen LogP) is 2.21. The minimum absolute atomic E-state index is 0.0396. The van der Waals surface area contributed by atoms with Crippen molar-refractivity contribution in [3.8, 4) is 0 Å². The molecule has 1 N–H and O–H groups in total. The third kappa shape index (κ3) is 4.54. The second kappa shape index (κ2) is 7.62. The van der Waals surface area contributed by atoms with Gasteiger partial charge in [0.15, 0.2) is 0 Å². The van der Waals surface area contributed by atoms with E-state index < -0.39 is 0 Å². The molecule has 0 aromatic heterocycles. The highest BCUT2D eigenvalue weighted by atomic mass is 19.1. The fourth-order valence-corrected chi connectivity index (χ4v) is 3.33. The number of piperazine rings is 1. The van der Waals surface area contributed by atoms with E-state index in [1.807, 2.05) is 19.1 Å². The second-order valence-corrected chi connectivity index (χ2v) is 7.25. The Morgan fingerprint density at radius 2 is 1.79 bits per heavy atom. The lowest BCUT2D eigenvalue weighted by Gasteiger charge is -2.38. The Morgan fingerprint density at radius 1 is 1.17 bits per heavy atom. The molecule has 1 aromatic rings. The Balaban J connectivity index is 1.44. The van der Waals surface area contributed by atoms with Crippen molar-refractivity contribution < 1.29 is 9.18 Å². The molecule has 0 unspecified atom stereocenters. The molecule has 2 atom stereocenters. The predicted molar refractivity (Wildman–Crippen MR) is 93.5 cm³/mol. The van der Waals surface area contributed by atoms with Gasteiger partial charge in [0.2, 0.25) is 5.91 Å². The minimum Gasteiger partial charge on any atom is -0.352 e. The number of rotatable bonds is 6. The van der Waals surface area contributed by atoms with Crippen LogP contribution < -0.4 is 5.32 Å². The SMILES string of the molecule is C[C@@H](CN1CCN([C@@H](C)C(=O)NC2CC2)CC1)c1ccc(F)cc1. The topological polar surface area (TPSA) is 35.6 Å². The normalized spacial score (nSPS) is 22.1. The molecule has 2 fully saturated rings. The largest absolute Gasteiger partial charge is 0.352 e. The van der Waals surface area contributed by atoms with Gasteiger partial charge in [-0.2, -0.15) is 0 Å². The molecule has 0 spiro atoms. The summed E-state index contributed by atoms with van der Waals surface area (Å²) in [5.74, 6) is 0.372.